The summed E-state index contributed by atoms with van der Waals surface area (Å²) in [5.74, 6) is 1.18. The molecule has 1 fully saturated rings. The maximum absolute atomic E-state index is 5.97. The third-order valence-electron chi connectivity index (χ3n) is 2.88. The Morgan fingerprint density at radius 2 is 2.50 bits per heavy atom. The quantitative estimate of drug-likeness (QED) is 0.667. The van der Waals surface area contributed by atoms with E-state index in [1.807, 2.05) is 11.8 Å². The van der Waals surface area contributed by atoms with E-state index in [0.717, 1.165) is 0 Å². The van der Waals surface area contributed by atoms with E-state index in [-0.39, 0.29) is 0 Å². The van der Waals surface area contributed by atoms with Gasteiger partial charge in [0.05, 0.1) is 11.4 Å². The molecule has 2 rings (SSSR count). The van der Waals surface area contributed by atoms with Gasteiger partial charge in [-0.05, 0) is 18.9 Å². The SMILES string of the molecule is CCC1=CN2C(C)C(N)C2SC1. The van der Waals surface area contributed by atoms with E-state index in [4.69, 9.17) is 5.73 Å². The van der Waals surface area contributed by atoms with Crippen molar-refractivity contribution in [1.82, 2.24) is 4.90 Å². The summed E-state index contributed by atoms with van der Waals surface area (Å²) >= 11 is 1.99. The van der Waals surface area contributed by atoms with E-state index in [0.29, 0.717) is 17.5 Å². The molecule has 0 aromatic heterocycles. The highest BCUT2D eigenvalue weighted by Gasteiger charge is 2.43. The van der Waals surface area contributed by atoms with Crippen molar-refractivity contribution in [3.8, 4) is 0 Å². The van der Waals surface area contributed by atoms with Crippen LogP contribution in [0.2, 0.25) is 0 Å². The first-order chi connectivity index (χ1) is 5.74. The Balaban J connectivity index is 2.09. The van der Waals surface area contributed by atoms with Crippen molar-refractivity contribution in [2.45, 2.75) is 37.7 Å². The number of thioether (sulfide) groups is 1. The van der Waals surface area contributed by atoms with Gasteiger partial charge in [-0.3, -0.25) is 0 Å². The van der Waals surface area contributed by atoms with E-state index in [1.54, 1.807) is 5.57 Å². The maximum atomic E-state index is 5.97. The molecule has 3 atom stereocenters. The van der Waals surface area contributed by atoms with Crippen LogP contribution in [-0.4, -0.2) is 28.1 Å². The van der Waals surface area contributed by atoms with Crippen molar-refractivity contribution in [2.75, 3.05) is 5.75 Å². The van der Waals surface area contributed by atoms with Gasteiger partial charge in [0.1, 0.15) is 0 Å². The lowest BCUT2D eigenvalue weighted by Gasteiger charge is -2.54. The number of rotatable bonds is 1. The number of fused-ring (bicyclic) bond motifs is 1. The number of hydrogen-bond acceptors (Lipinski definition) is 3. The maximum Gasteiger partial charge on any atom is 0.0922 e. The van der Waals surface area contributed by atoms with Crippen LogP contribution in [0, 0.1) is 0 Å². The number of nitrogens with zero attached hydrogens (tertiary/aromatic N) is 1. The van der Waals surface area contributed by atoms with Gasteiger partial charge in [-0.15, -0.1) is 11.8 Å². The Kier molecular flexibility index (Phi) is 2.09. The first-order valence-electron chi connectivity index (χ1n) is 4.58. The Hall–Kier alpha value is -0.150. The second-order valence-corrected chi connectivity index (χ2v) is 4.71. The van der Waals surface area contributed by atoms with Gasteiger partial charge in [-0.2, -0.15) is 0 Å². The van der Waals surface area contributed by atoms with Gasteiger partial charge >= 0.3 is 0 Å². The van der Waals surface area contributed by atoms with Crippen molar-refractivity contribution in [1.29, 1.82) is 0 Å². The van der Waals surface area contributed by atoms with E-state index in [1.165, 1.54) is 12.2 Å². The number of nitrogens with two attached hydrogens (primary N) is 1. The first kappa shape index (κ1) is 8.45. The van der Waals surface area contributed by atoms with Crippen LogP contribution in [0.5, 0.6) is 0 Å². The third kappa shape index (κ3) is 1.07. The third-order valence-corrected chi connectivity index (χ3v) is 4.31. The predicted molar refractivity (Wildman–Crippen MR) is 53.9 cm³/mol. The lowest BCUT2D eigenvalue weighted by atomic mass is 9.98. The molecule has 2 aliphatic heterocycles. The fourth-order valence-electron chi connectivity index (χ4n) is 1.79. The second-order valence-electron chi connectivity index (χ2n) is 3.61. The summed E-state index contributed by atoms with van der Waals surface area (Å²) in [5, 5.41) is 0.565. The van der Waals surface area contributed by atoms with Gasteiger partial charge in [0.2, 0.25) is 0 Å². The lowest BCUT2D eigenvalue weighted by Crippen LogP contribution is -2.67. The van der Waals surface area contributed by atoms with Gasteiger partial charge in [0.15, 0.2) is 0 Å². The van der Waals surface area contributed by atoms with Crippen molar-refractivity contribution in [2.24, 2.45) is 5.73 Å². The molecule has 12 heavy (non-hydrogen) atoms. The van der Waals surface area contributed by atoms with E-state index < -0.39 is 0 Å². The molecule has 0 aromatic carbocycles. The Morgan fingerprint density at radius 1 is 1.75 bits per heavy atom. The molecule has 2 aliphatic rings. The monoisotopic (exact) mass is 184 g/mol. The van der Waals surface area contributed by atoms with Crippen LogP contribution < -0.4 is 5.73 Å². The molecule has 0 aliphatic carbocycles. The fourth-order valence-corrected chi connectivity index (χ4v) is 3.33. The highest BCUT2D eigenvalue weighted by Crippen LogP contribution is 2.38. The average Bonchev–Trinajstić information content (AvgIpc) is 2.15. The second kappa shape index (κ2) is 2.96. The standard InChI is InChI=1S/C9H16N2S/c1-3-7-4-11-6(2)8(10)9(11)12-5-7/h4,6,8-9H,3,5,10H2,1-2H3. The summed E-state index contributed by atoms with van der Waals surface area (Å²) in [6, 6.07) is 0.925. The molecule has 0 aromatic rings. The van der Waals surface area contributed by atoms with Crippen molar-refractivity contribution in [3.63, 3.8) is 0 Å². The summed E-state index contributed by atoms with van der Waals surface area (Å²) < 4.78 is 0. The summed E-state index contributed by atoms with van der Waals surface area (Å²) in [5.41, 5.74) is 7.52. The molecule has 0 bridgehead atoms. The average molecular weight is 184 g/mol. The summed E-state index contributed by atoms with van der Waals surface area (Å²) in [6.07, 6.45) is 3.49. The van der Waals surface area contributed by atoms with Crippen LogP contribution >= 0.6 is 11.8 Å². The molecular weight excluding hydrogens is 168 g/mol. The summed E-state index contributed by atoms with van der Waals surface area (Å²) in [7, 11) is 0. The zero-order valence-corrected chi connectivity index (χ0v) is 8.47. The molecular formula is C9H16N2S. The highest BCUT2D eigenvalue weighted by molar-refractivity contribution is 8.00. The molecule has 2 N–H and O–H groups in total. The largest absolute Gasteiger partial charge is 0.360 e. The van der Waals surface area contributed by atoms with Gasteiger partial charge < -0.3 is 10.6 Å². The van der Waals surface area contributed by atoms with Crippen LogP contribution in [0.4, 0.5) is 0 Å². The normalized spacial score (nSPS) is 40.1. The van der Waals surface area contributed by atoms with E-state index >= 15 is 0 Å². The van der Waals surface area contributed by atoms with Crippen LogP contribution in [0.25, 0.3) is 0 Å². The van der Waals surface area contributed by atoms with E-state index in [2.05, 4.69) is 24.9 Å². The minimum Gasteiger partial charge on any atom is -0.360 e. The van der Waals surface area contributed by atoms with Gasteiger partial charge in [0, 0.05) is 18.0 Å². The topological polar surface area (TPSA) is 29.3 Å². The smallest absolute Gasteiger partial charge is 0.0922 e. The van der Waals surface area contributed by atoms with Crippen LogP contribution in [0.15, 0.2) is 11.8 Å². The van der Waals surface area contributed by atoms with Crippen molar-refractivity contribution in [3.05, 3.63) is 11.8 Å². The lowest BCUT2D eigenvalue weighted by molar-refractivity contribution is 0.107. The van der Waals surface area contributed by atoms with Crippen molar-refractivity contribution < 1.29 is 0 Å². The molecule has 0 radical (unpaired) electrons. The minimum atomic E-state index is 0.379. The Labute approximate surface area is 78.2 Å². The van der Waals surface area contributed by atoms with Crippen molar-refractivity contribution >= 4 is 11.8 Å². The van der Waals surface area contributed by atoms with Gasteiger partial charge in [0.25, 0.3) is 0 Å². The van der Waals surface area contributed by atoms with E-state index in [9.17, 15) is 0 Å². The Bertz CT molecular complexity index is 215. The molecule has 0 spiro atoms. The summed E-state index contributed by atoms with van der Waals surface area (Å²) in [6.45, 7) is 4.42. The van der Waals surface area contributed by atoms with Crippen LogP contribution in [-0.2, 0) is 0 Å². The predicted octanol–water partition coefficient (Wildman–Crippen LogP) is 1.38. The van der Waals surface area contributed by atoms with Gasteiger partial charge in [-0.1, -0.05) is 6.92 Å². The molecule has 0 saturated carbocycles. The molecule has 3 heteroatoms. The highest BCUT2D eigenvalue weighted by atomic mass is 32.2. The molecule has 1 saturated heterocycles. The molecule has 3 unspecified atom stereocenters. The van der Waals surface area contributed by atoms with Crippen LogP contribution in [0.3, 0.4) is 0 Å². The Morgan fingerprint density at radius 3 is 3.17 bits per heavy atom. The molecule has 2 heterocycles. The zero-order chi connectivity index (χ0) is 8.72. The van der Waals surface area contributed by atoms with Crippen LogP contribution in [0.1, 0.15) is 20.3 Å². The van der Waals surface area contributed by atoms with Gasteiger partial charge in [-0.25, -0.2) is 0 Å². The zero-order valence-electron chi connectivity index (χ0n) is 7.66. The first-order valence-corrected chi connectivity index (χ1v) is 5.63. The molecule has 2 nitrogen and oxygen atoms in total. The number of hydrogen-bond donors (Lipinski definition) is 1. The molecule has 0 amide bonds. The summed E-state index contributed by atoms with van der Waals surface area (Å²) in [4.78, 5) is 2.40. The molecule has 68 valence electrons. The fraction of sp³-hybridized carbons (Fsp3) is 0.778. The minimum absolute atomic E-state index is 0.379.